The third kappa shape index (κ3) is 5.29. The summed E-state index contributed by atoms with van der Waals surface area (Å²) >= 11 is 0. The van der Waals surface area contributed by atoms with Crippen molar-refractivity contribution in [2.75, 3.05) is 13.2 Å². The zero-order valence-corrected chi connectivity index (χ0v) is 14.1. The van der Waals surface area contributed by atoms with Gasteiger partial charge in [0.1, 0.15) is 5.82 Å². The number of urea groups is 1. The largest absolute Gasteiger partial charge is 0.373 e. The van der Waals surface area contributed by atoms with Crippen molar-refractivity contribution in [3.63, 3.8) is 0 Å². The predicted molar refractivity (Wildman–Crippen MR) is 94.8 cm³/mol. The fraction of sp³-hybridized carbons (Fsp3) is 0.350. The third-order valence-corrected chi connectivity index (χ3v) is 4.38. The molecule has 0 spiro atoms. The molecule has 3 rings (SSSR count). The normalized spacial score (nSPS) is 20.0. The first-order valence-electron chi connectivity index (χ1n) is 8.66. The Kier molecular flexibility index (Phi) is 6.01. The first kappa shape index (κ1) is 17.4. The maximum atomic E-state index is 13.1. The topological polar surface area (TPSA) is 50.4 Å². The summed E-state index contributed by atoms with van der Waals surface area (Å²) in [6, 6.07) is 16.4. The van der Waals surface area contributed by atoms with Crippen molar-refractivity contribution >= 4 is 6.03 Å². The lowest BCUT2D eigenvalue weighted by molar-refractivity contribution is 0.00227. The van der Waals surface area contributed by atoms with E-state index in [-0.39, 0.29) is 24.0 Å². The zero-order chi connectivity index (χ0) is 17.5. The van der Waals surface area contributed by atoms with Crippen molar-refractivity contribution in [1.29, 1.82) is 0 Å². The summed E-state index contributed by atoms with van der Waals surface area (Å²) in [5.41, 5.74) is 2.01. The summed E-state index contributed by atoms with van der Waals surface area (Å²) in [7, 11) is 0. The van der Waals surface area contributed by atoms with Gasteiger partial charge in [-0.1, -0.05) is 42.5 Å². The predicted octanol–water partition coefficient (Wildman–Crippen LogP) is 3.59. The van der Waals surface area contributed by atoms with E-state index in [9.17, 15) is 9.18 Å². The molecule has 0 radical (unpaired) electrons. The second-order valence-electron chi connectivity index (χ2n) is 6.27. The number of nitrogens with one attached hydrogen (secondary N) is 2. The molecule has 2 amide bonds. The van der Waals surface area contributed by atoms with Crippen LogP contribution in [0.2, 0.25) is 0 Å². The monoisotopic (exact) mass is 342 g/mol. The number of rotatable bonds is 5. The first-order chi connectivity index (χ1) is 12.2. The van der Waals surface area contributed by atoms with E-state index in [0.717, 1.165) is 24.0 Å². The van der Waals surface area contributed by atoms with Crippen LogP contribution >= 0.6 is 0 Å². The van der Waals surface area contributed by atoms with Gasteiger partial charge in [-0.15, -0.1) is 0 Å². The zero-order valence-electron chi connectivity index (χ0n) is 14.1. The molecule has 5 heteroatoms. The van der Waals surface area contributed by atoms with Crippen molar-refractivity contribution in [1.82, 2.24) is 10.6 Å². The van der Waals surface area contributed by atoms with Crippen LogP contribution in [0.15, 0.2) is 54.6 Å². The van der Waals surface area contributed by atoms with Crippen LogP contribution in [0.3, 0.4) is 0 Å². The lowest BCUT2D eigenvalue weighted by Crippen LogP contribution is -2.45. The standard InChI is InChI=1S/C20H23FN2O2/c21-17-8-4-5-15(13-17)9-11-22-20(24)23-18-10-12-25-19(14-18)16-6-2-1-3-7-16/h1-8,13,18-19H,9-12,14H2,(H2,22,23,24)/t18-,19+/m0/s1. The molecule has 0 bridgehead atoms. The van der Waals surface area contributed by atoms with Crippen molar-refractivity contribution in [2.45, 2.75) is 31.4 Å². The fourth-order valence-corrected chi connectivity index (χ4v) is 3.08. The molecule has 2 aromatic carbocycles. The van der Waals surface area contributed by atoms with E-state index in [1.807, 2.05) is 36.4 Å². The molecule has 2 aromatic rings. The van der Waals surface area contributed by atoms with Gasteiger partial charge in [-0.3, -0.25) is 0 Å². The van der Waals surface area contributed by atoms with Crippen LogP contribution in [-0.4, -0.2) is 25.2 Å². The highest BCUT2D eigenvalue weighted by Gasteiger charge is 2.24. The van der Waals surface area contributed by atoms with Crippen LogP contribution in [0.25, 0.3) is 0 Å². The number of carbonyl (C=O) groups excluding carboxylic acids is 1. The lowest BCUT2D eigenvalue weighted by atomic mass is 9.97. The number of carbonyl (C=O) groups is 1. The molecule has 0 aliphatic carbocycles. The van der Waals surface area contributed by atoms with Crippen molar-refractivity contribution in [3.8, 4) is 0 Å². The molecule has 1 heterocycles. The smallest absolute Gasteiger partial charge is 0.315 e. The van der Waals surface area contributed by atoms with Crippen molar-refractivity contribution < 1.29 is 13.9 Å². The average molecular weight is 342 g/mol. The van der Waals surface area contributed by atoms with Gasteiger partial charge in [-0.2, -0.15) is 0 Å². The summed E-state index contributed by atoms with van der Waals surface area (Å²) in [4.78, 5) is 12.1. The first-order valence-corrected chi connectivity index (χ1v) is 8.66. The summed E-state index contributed by atoms with van der Waals surface area (Å²) in [5.74, 6) is -0.254. The van der Waals surface area contributed by atoms with E-state index in [4.69, 9.17) is 4.74 Å². The van der Waals surface area contributed by atoms with Crippen LogP contribution in [0.1, 0.15) is 30.1 Å². The van der Waals surface area contributed by atoms with Crippen LogP contribution in [0.4, 0.5) is 9.18 Å². The summed E-state index contributed by atoms with van der Waals surface area (Å²) in [6.07, 6.45) is 2.20. The molecule has 0 aromatic heterocycles. The van der Waals surface area contributed by atoms with Gasteiger partial charge in [-0.05, 0) is 42.5 Å². The minimum absolute atomic E-state index is 0.0209. The fourth-order valence-electron chi connectivity index (χ4n) is 3.08. The highest BCUT2D eigenvalue weighted by atomic mass is 19.1. The summed E-state index contributed by atoms with van der Waals surface area (Å²) < 4.78 is 18.9. The molecular formula is C20H23FN2O2. The molecule has 25 heavy (non-hydrogen) atoms. The Morgan fingerprint density at radius 3 is 2.80 bits per heavy atom. The Hall–Kier alpha value is -2.40. The van der Waals surface area contributed by atoms with Crippen LogP contribution < -0.4 is 10.6 Å². The van der Waals surface area contributed by atoms with Gasteiger partial charge in [0.2, 0.25) is 0 Å². The molecule has 1 fully saturated rings. The van der Waals surface area contributed by atoms with Gasteiger partial charge in [0.25, 0.3) is 0 Å². The number of amides is 2. The number of halogens is 1. The quantitative estimate of drug-likeness (QED) is 0.872. The van der Waals surface area contributed by atoms with E-state index >= 15 is 0 Å². The van der Waals surface area contributed by atoms with E-state index < -0.39 is 0 Å². The lowest BCUT2D eigenvalue weighted by Gasteiger charge is -2.30. The second kappa shape index (κ2) is 8.62. The van der Waals surface area contributed by atoms with Gasteiger partial charge in [0, 0.05) is 19.2 Å². The van der Waals surface area contributed by atoms with E-state index in [0.29, 0.717) is 19.6 Å². The van der Waals surface area contributed by atoms with Crippen LogP contribution in [-0.2, 0) is 11.2 Å². The Labute approximate surface area is 147 Å². The summed E-state index contributed by atoms with van der Waals surface area (Å²) in [6.45, 7) is 1.11. The molecule has 1 aliphatic rings. The van der Waals surface area contributed by atoms with Crippen molar-refractivity contribution in [2.24, 2.45) is 0 Å². The Balaban J connectivity index is 1.43. The average Bonchev–Trinajstić information content (AvgIpc) is 2.63. The minimum Gasteiger partial charge on any atom is -0.373 e. The molecule has 1 saturated heterocycles. The van der Waals surface area contributed by atoms with E-state index in [1.165, 1.54) is 12.1 Å². The number of ether oxygens (including phenoxy) is 1. The molecule has 4 nitrogen and oxygen atoms in total. The molecule has 2 N–H and O–H groups in total. The SMILES string of the molecule is O=C(NCCc1cccc(F)c1)N[C@H]1CCO[C@@H](c2ccccc2)C1. The molecule has 1 aliphatic heterocycles. The Morgan fingerprint density at radius 1 is 1.16 bits per heavy atom. The highest BCUT2D eigenvalue weighted by molar-refractivity contribution is 5.74. The Morgan fingerprint density at radius 2 is 2.00 bits per heavy atom. The van der Waals surface area contributed by atoms with Gasteiger partial charge >= 0.3 is 6.03 Å². The Bertz CT molecular complexity index is 693. The molecule has 132 valence electrons. The van der Waals surface area contributed by atoms with Gasteiger partial charge in [-0.25, -0.2) is 9.18 Å². The minimum atomic E-state index is -0.254. The number of hydrogen-bond acceptors (Lipinski definition) is 2. The van der Waals surface area contributed by atoms with Crippen molar-refractivity contribution in [3.05, 3.63) is 71.5 Å². The maximum absolute atomic E-state index is 13.1. The number of hydrogen-bond donors (Lipinski definition) is 2. The van der Waals surface area contributed by atoms with E-state index in [1.54, 1.807) is 6.07 Å². The molecule has 0 unspecified atom stereocenters. The maximum Gasteiger partial charge on any atom is 0.315 e. The van der Waals surface area contributed by atoms with Crippen LogP contribution in [0, 0.1) is 5.82 Å². The van der Waals surface area contributed by atoms with Gasteiger partial charge < -0.3 is 15.4 Å². The third-order valence-electron chi connectivity index (χ3n) is 4.38. The molecular weight excluding hydrogens is 319 g/mol. The molecule has 0 saturated carbocycles. The second-order valence-corrected chi connectivity index (χ2v) is 6.27. The summed E-state index contributed by atoms with van der Waals surface area (Å²) in [5, 5.41) is 5.85. The van der Waals surface area contributed by atoms with Crippen LogP contribution in [0.5, 0.6) is 0 Å². The van der Waals surface area contributed by atoms with Gasteiger partial charge in [0.05, 0.1) is 6.10 Å². The molecule has 2 atom stereocenters. The number of benzene rings is 2. The highest BCUT2D eigenvalue weighted by Crippen LogP contribution is 2.27. The van der Waals surface area contributed by atoms with Gasteiger partial charge in [0.15, 0.2) is 0 Å². The van der Waals surface area contributed by atoms with E-state index in [2.05, 4.69) is 10.6 Å².